The molecule has 37 heavy (non-hydrogen) atoms. The number of amides is 3. The zero-order valence-electron chi connectivity index (χ0n) is 20.3. The maximum Gasteiger partial charge on any atom is 0.329 e. The number of rotatable bonds is 5. The van der Waals surface area contributed by atoms with Crippen molar-refractivity contribution in [2.75, 3.05) is 0 Å². The van der Waals surface area contributed by atoms with Crippen LogP contribution >= 0.6 is 0 Å². The van der Waals surface area contributed by atoms with Crippen molar-refractivity contribution in [3.05, 3.63) is 59.9 Å². The van der Waals surface area contributed by atoms with Crippen molar-refractivity contribution in [1.82, 2.24) is 20.9 Å². The number of benzene rings is 1. The summed E-state index contributed by atoms with van der Waals surface area (Å²) >= 11 is 0. The predicted molar refractivity (Wildman–Crippen MR) is 130 cm³/mol. The normalized spacial score (nSPS) is 27.1. The molecule has 5 N–H and O–H groups in total. The summed E-state index contributed by atoms with van der Waals surface area (Å²) in [5.74, 6) is -3.32. The lowest BCUT2D eigenvalue weighted by molar-refractivity contribution is -0.156. The summed E-state index contributed by atoms with van der Waals surface area (Å²) in [6.45, 7) is 1.45. The van der Waals surface area contributed by atoms with E-state index in [0.717, 1.165) is 18.4 Å². The molecule has 1 aliphatic carbocycles. The van der Waals surface area contributed by atoms with Gasteiger partial charge in [-0.1, -0.05) is 30.3 Å². The Morgan fingerprint density at radius 3 is 2.51 bits per heavy atom. The minimum atomic E-state index is -1.38. The number of ether oxygens (including phenoxy) is 1. The molecule has 2 aromatic rings. The molecule has 1 saturated heterocycles. The molecule has 5 unspecified atom stereocenters. The molecule has 2 aliphatic rings. The molecule has 4 rings (SSSR count). The van der Waals surface area contributed by atoms with Gasteiger partial charge in [-0.2, -0.15) is 0 Å². The smallest absolute Gasteiger partial charge is 0.329 e. The maximum absolute atomic E-state index is 13.4. The first-order chi connectivity index (χ1) is 17.7. The minimum absolute atomic E-state index is 0.101. The van der Waals surface area contributed by atoms with Crippen LogP contribution in [0.4, 0.5) is 0 Å². The average molecular weight is 511 g/mol. The van der Waals surface area contributed by atoms with Gasteiger partial charge in [0.2, 0.25) is 11.8 Å². The van der Waals surface area contributed by atoms with Gasteiger partial charge in [-0.15, -0.1) is 0 Å². The summed E-state index contributed by atoms with van der Waals surface area (Å²) in [7, 11) is 0. The molecule has 1 saturated carbocycles. The Labute approximate surface area is 213 Å². The highest BCUT2D eigenvalue weighted by atomic mass is 16.5. The minimum Gasteiger partial charge on any atom is -0.505 e. The fourth-order valence-corrected chi connectivity index (χ4v) is 4.29. The van der Waals surface area contributed by atoms with Gasteiger partial charge in [0.1, 0.15) is 23.9 Å². The van der Waals surface area contributed by atoms with E-state index in [1.807, 2.05) is 30.3 Å². The standard InChI is InChI=1S/C26H30N4O7/c1-14-21(30-25(35)23-18(31)8-5-11-27-23)24(34)28-17(12-15-6-3-2-4-7-15)19(32)13-20(33)29-22(16-9-10-16)26(36)37-14/h2-8,11,14,16-17,19,21-22,31-32H,9-10,12-13H2,1H3,(H,28,34)(H,29,33)(H,30,35). The molecule has 11 nitrogen and oxygen atoms in total. The Morgan fingerprint density at radius 2 is 1.84 bits per heavy atom. The first kappa shape index (κ1) is 26.1. The van der Waals surface area contributed by atoms with Gasteiger partial charge in [-0.05, 0) is 49.8 Å². The van der Waals surface area contributed by atoms with Gasteiger partial charge in [-0.25, -0.2) is 9.78 Å². The fraction of sp³-hybridized carbons (Fsp3) is 0.423. The lowest BCUT2D eigenvalue weighted by Crippen LogP contribution is -2.59. The molecule has 2 heterocycles. The molecular weight excluding hydrogens is 480 g/mol. The molecule has 0 radical (unpaired) electrons. The zero-order chi connectivity index (χ0) is 26.5. The number of aromatic hydroxyl groups is 1. The molecule has 0 bridgehead atoms. The number of aliphatic hydroxyl groups is 1. The Hall–Kier alpha value is -3.99. The van der Waals surface area contributed by atoms with Crippen LogP contribution in [0.1, 0.15) is 42.2 Å². The van der Waals surface area contributed by atoms with E-state index in [0.29, 0.717) is 0 Å². The van der Waals surface area contributed by atoms with Gasteiger partial charge >= 0.3 is 5.97 Å². The first-order valence-corrected chi connectivity index (χ1v) is 12.2. The maximum atomic E-state index is 13.4. The zero-order valence-corrected chi connectivity index (χ0v) is 20.3. The number of aromatic nitrogens is 1. The Kier molecular flexibility index (Phi) is 8.02. The number of carbonyl (C=O) groups is 4. The van der Waals surface area contributed by atoms with Gasteiger partial charge < -0.3 is 30.9 Å². The van der Waals surface area contributed by atoms with Gasteiger partial charge in [0.05, 0.1) is 18.6 Å². The molecule has 5 atom stereocenters. The number of aliphatic hydroxyl groups excluding tert-OH is 1. The molecule has 0 spiro atoms. The third kappa shape index (κ3) is 6.62. The van der Waals surface area contributed by atoms with Crippen LogP contribution in [0.5, 0.6) is 5.75 Å². The first-order valence-electron chi connectivity index (χ1n) is 12.2. The number of hydrogen-bond acceptors (Lipinski definition) is 8. The second-order valence-electron chi connectivity index (χ2n) is 9.42. The SMILES string of the molecule is CC1OC(=O)C(C2CC2)NC(=O)CC(O)C(Cc2ccccc2)NC(=O)C1NC(=O)c1ncccc1O. The van der Waals surface area contributed by atoms with Crippen LogP contribution < -0.4 is 16.0 Å². The third-order valence-corrected chi connectivity index (χ3v) is 6.49. The van der Waals surface area contributed by atoms with Crippen molar-refractivity contribution in [2.45, 2.75) is 62.9 Å². The lowest BCUT2D eigenvalue weighted by atomic mass is 9.97. The number of nitrogens with one attached hydrogen (secondary N) is 3. The number of carbonyl (C=O) groups excluding carboxylic acids is 4. The number of pyridine rings is 1. The lowest BCUT2D eigenvalue weighted by Gasteiger charge is -2.31. The van der Waals surface area contributed by atoms with Crippen LogP contribution in [0.15, 0.2) is 48.7 Å². The largest absolute Gasteiger partial charge is 0.505 e. The number of hydrogen-bond donors (Lipinski definition) is 5. The van der Waals surface area contributed by atoms with Gasteiger partial charge in [0.25, 0.3) is 5.91 Å². The molecule has 1 aromatic heterocycles. The number of nitrogens with zero attached hydrogens (tertiary/aromatic N) is 1. The molecular formula is C26H30N4O7. The van der Waals surface area contributed by atoms with E-state index in [4.69, 9.17) is 4.74 Å². The summed E-state index contributed by atoms with van der Waals surface area (Å²) in [6, 6.07) is 8.65. The van der Waals surface area contributed by atoms with Crippen LogP contribution in [0.25, 0.3) is 0 Å². The Balaban J connectivity index is 1.63. The highest BCUT2D eigenvalue weighted by molar-refractivity contribution is 5.98. The van der Waals surface area contributed by atoms with Gasteiger partial charge in [0.15, 0.2) is 5.69 Å². The van der Waals surface area contributed by atoms with Crippen molar-refractivity contribution in [3.63, 3.8) is 0 Å². The molecule has 11 heteroatoms. The molecule has 1 aromatic carbocycles. The van der Waals surface area contributed by atoms with E-state index in [-0.39, 0.29) is 30.2 Å². The van der Waals surface area contributed by atoms with Crippen molar-refractivity contribution < 1.29 is 34.1 Å². The van der Waals surface area contributed by atoms with Crippen molar-refractivity contribution in [2.24, 2.45) is 5.92 Å². The molecule has 2 fully saturated rings. The van der Waals surface area contributed by atoms with Crippen molar-refractivity contribution in [1.29, 1.82) is 0 Å². The van der Waals surface area contributed by atoms with Crippen LogP contribution in [-0.2, 0) is 25.5 Å². The van der Waals surface area contributed by atoms with Crippen LogP contribution in [-0.4, -0.2) is 69.2 Å². The topological polar surface area (TPSA) is 167 Å². The monoisotopic (exact) mass is 510 g/mol. The second-order valence-corrected chi connectivity index (χ2v) is 9.42. The van der Waals surface area contributed by atoms with E-state index in [2.05, 4.69) is 20.9 Å². The predicted octanol–water partition coefficient (Wildman–Crippen LogP) is 0.204. The van der Waals surface area contributed by atoms with E-state index >= 15 is 0 Å². The summed E-state index contributed by atoms with van der Waals surface area (Å²) < 4.78 is 5.54. The van der Waals surface area contributed by atoms with Gasteiger partial charge in [-0.3, -0.25) is 14.4 Å². The van der Waals surface area contributed by atoms with E-state index in [1.165, 1.54) is 25.3 Å². The highest BCUT2D eigenvalue weighted by Gasteiger charge is 2.42. The summed E-state index contributed by atoms with van der Waals surface area (Å²) in [5.41, 5.74) is 0.512. The molecule has 1 aliphatic heterocycles. The summed E-state index contributed by atoms with van der Waals surface area (Å²) in [4.78, 5) is 55.8. The van der Waals surface area contributed by atoms with Crippen LogP contribution in [0.2, 0.25) is 0 Å². The van der Waals surface area contributed by atoms with E-state index in [1.54, 1.807) is 0 Å². The summed E-state index contributed by atoms with van der Waals surface area (Å²) in [6.07, 6.45) is 0.223. The van der Waals surface area contributed by atoms with Crippen LogP contribution in [0, 0.1) is 5.92 Å². The number of esters is 1. The second kappa shape index (κ2) is 11.4. The fourth-order valence-electron chi connectivity index (χ4n) is 4.29. The summed E-state index contributed by atoms with van der Waals surface area (Å²) in [5, 5.41) is 28.8. The van der Waals surface area contributed by atoms with E-state index in [9.17, 15) is 29.4 Å². The third-order valence-electron chi connectivity index (χ3n) is 6.49. The Bertz CT molecular complexity index is 1150. The average Bonchev–Trinajstić information content (AvgIpc) is 3.70. The highest BCUT2D eigenvalue weighted by Crippen LogP contribution is 2.33. The molecule has 196 valence electrons. The van der Waals surface area contributed by atoms with E-state index < -0.39 is 54.0 Å². The van der Waals surface area contributed by atoms with Crippen LogP contribution in [0.3, 0.4) is 0 Å². The van der Waals surface area contributed by atoms with Gasteiger partial charge in [0, 0.05) is 6.20 Å². The Morgan fingerprint density at radius 1 is 1.11 bits per heavy atom. The van der Waals surface area contributed by atoms with Crippen molar-refractivity contribution in [3.8, 4) is 5.75 Å². The van der Waals surface area contributed by atoms with Crippen molar-refractivity contribution >= 4 is 23.7 Å². The number of cyclic esters (lactones) is 1. The molecule has 3 amide bonds. The quantitative estimate of drug-likeness (QED) is 0.356.